The molecule has 2 aromatic rings. The quantitative estimate of drug-likeness (QED) is 0.877. The van der Waals surface area contributed by atoms with Crippen molar-refractivity contribution in [2.75, 3.05) is 13.1 Å². The van der Waals surface area contributed by atoms with Crippen molar-refractivity contribution in [2.45, 2.75) is 57.4 Å². The van der Waals surface area contributed by atoms with Gasteiger partial charge in [0, 0.05) is 47.2 Å². The van der Waals surface area contributed by atoms with Gasteiger partial charge in [-0.05, 0) is 75.1 Å². The van der Waals surface area contributed by atoms with Gasteiger partial charge in [-0.15, -0.1) is 0 Å². The van der Waals surface area contributed by atoms with E-state index in [-0.39, 0.29) is 17.9 Å². The van der Waals surface area contributed by atoms with Gasteiger partial charge in [0.25, 0.3) is 5.91 Å². The molecule has 3 aliphatic rings. The van der Waals surface area contributed by atoms with Gasteiger partial charge in [0.2, 0.25) is 5.91 Å². The summed E-state index contributed by atoms with van der Waals surface area (Å²) >= 11 is 0. The Morgan fingerprint density at radius 2 is 1.81 bits per heavy atom. The third-order valence-electron chi connectivity index (χ3n) is 6.43. The second-order valence-electron chi connectivity index (χ2n) is 8.40. The van der Waals surface area contributed by atoms with Crippen molar-refractivity contribution >= 4 is 22.7 Å². The molecule has 5 heteroatoms. The minimum Gasteiger partial charge on any atom is -0.358 e. The van der Waals surface area contributed by atoms with E-state index in [1.54, 1.807) is 0 Å². The highest BCUT2D eigenvalue weighted by molar-refractivity contribution is 5.99. The van der Waals surface area contributed by atoms with E-state index in [4.69, 9.17) is 0 Å². The number of aryl methyl sites for hydroxylation is 2. The van der Waals surface area contributed by atoms with Crippen LogP contribution in [-0.2, 0) is 17.6 Å². The van der Waals surface area contributed by atoms with E-state index >= 15 is 0 Å². The smallest absolute Gasteiger partial charge is 0.251 e. The van der Waals surface area contributed by atoms with Crippen LogP contribution < -0.4 is 5.32 Å². The highest BCUT2D eigenvalue weighted by Crippen LogP contribution is 2.32. The zero-order valence-corrected chi connectivity index (χ0v) is 15.7. The molecule has 5 rings (SSSR count). The fourth-order valence-corrected chi connectivity index (χ4v) is 4.65. The van der Waals surface area contributed by atoms with Crippen molar-refractivity contribution < 1.29 is 9.59 Å². The number of carbonyl (C=O) groups excluding carboxylic acids is 2. The molecule has 1 saturated carbocycles. The van der Waals surface area contributed by atoms with Crippen LogP contribution in [0.3, 0.4) is 0 Å². The predicted molar refractivity (Wildman–Crippen MR) is 105 cm³/mol. The van der Waals surface area contributed by atoms with Gasteiger partial charge >= 0.3 is 0 Å². The first-order valence-corrected chi connectivity index (χ1v) is 10.4. The number of hydrogen-bond acceptors (Lipinski definition) is 2. The van der Waals surface area contributed by atoms with E-state index in [9.17, 15) is 9.59 Å². The standard InChI is InChI=1S/C22H27N3O2/c26-21(23-16-9-11-25(12-10-16)22(27)14-5-6-14)15-7-8-20-18(13-15)17-3-1-2-4-19(17)24-20/h7-8,13-14,16,24H,1-6,9-12H2,(H,23,26). The zero-order valence-electron chi connectivity index (χ0n) is 15.7. The Hall–Kier alpha value is -2.30. The summed E-state index contributed by atoms with van der Waals surface area (Å²) in [6.07, 6.45) is 8.51. The zero-order chi connectivity index (χ0) is 18.4. The summed E-state index contributed by atoms with van der Waals surface area (Å²) in [5, 5.41) is 4.40. The van der Waals surface area contributed by atoms with E-state index in [0.29, 0.717) is 5.91 Å². The van der Waals surface area contributed by atoms with Gasteiger partial charge in [-0.3, -0.25) is 9.59 Å². The van der Waals surface area contributed by atoms with Gasteiger partial charge < -0.3 is 15.2 Å². The minimum atomic E-state index is 0.00892. The number of amides is 2. The van der Waals surface area contributed by atoms with Crippen molar-refractivity contribution in [3.63, 3.8) is 0 Å². The van der Waals surface area contributed by atoms with Crippen LogP contribution in [0.5, 0.6) is 0 Å². The molecule has 2 heterocycles. The van der Waals surface area contributed by atoms with Crippen molar-refractivity contribution in [3.8, 4) is 0 Å². The van der Waals surface area contributed by atoms with Crippen molar-refractivity contribution in [3.05, 3.63) is 35.0 Å². The first kappa shape index (κ1) is 16.8. The number of rotatable bonds is 3. The van der Waals surface area contributed by atoms with Gasteiger partial charge in [-0.1, -0.05) is 0 Å². The molecule has 2 N–H and O–H groups in total. The molecule has 0 spiro atoms. The summed E-state index contributed by atoms with van der Waals surface area (Å²) in [5.41, 5.74) is 4.64. The number of likely N-dealkylation sites (tertiary alicyclic amines) is 1. The second kappa shape index (κ2) is 6.70. The summed E-state index contributed by atoms with van der Waals surface area (Å²) in [6, 6.07) is 6.18. The lowest BCUT2D eigenvalue weighted by atomic mass is 9.95. The number of aromatic amines is 1. The van der Waals surface area contributed by atoms with Gasteiger partial charge in [-0.2, -0.15) is 0 Å². The molecule has 27 heavy (non-hydrogen) atoms. The molecule has 1 aliphatic heterocycles. The Kier molecular flexibility index (Phi) is 4.18. The average molecular weight is 365 g/mol. The van der Waals surface area contributed by atoms with Gasteiger partial charge in [-0.25, -0.2) is 0 Å². The Bertz CT molecular complexity index is 888. The van der Waals surface area contributed by atoms with Crippen LogP contribution >= 0.6 is 0 Å². The fourth-order valence-electron chi connectivity index (χ4n) is 4.65. The number of aromatic nitrogens is 1. The SMILES string of the molecule is O=C(NC1CCN(C(=O)C2CC2)CC1)c1ccc2[nH]c3c(c2c1)CCCC3. The highest BCUT2D eigenvalue weighted by Gasteiger charge is 2.35. The van der Waals surface area contributed by atoms with Crippen LogP contribution in [0, 0.1) is 5.92 Å². The highest BCUT2D eigenvalue weighted by atomic mass is 16.2. The largest absolute Gasteiger partial charge is 0.358 e. The summed E-state index contributed by atoms with van der Waals surface area (Å²) in [5.74, 6) is 0.618. The molecular weight excluding hydrogens is 338 g/mol. The van der Waals surface area contributed by atoms with Crippen LogP contribution in [0.4, 0.5) is 0 Å². The number of nitrogens with one attached hydrogen (secondary N) is 2. The van der Waals surface area contributed by atoms with E-state index in [0.717, 1.165) is 62.7 Å². The van der Waals surface area contributed by atoms with Crippen LogP contribution in [0.15, 0.2) is 18.2 Å². The van der Waals surface area contributed by atoms with Gasteiger partial charge in [0.05, 0.1) is 0 Å². The first-order chi connectivity index (χ1) is 13.2. The molecule has 1 aromatic carbocycles. The second-order valence-corrected chi connectivity index (χ2v) is 8.40. The van der Waals surface area contributed by atoms with Crippen molar-refractivity contribution in [1.82, 2.24) is 15.2 Å². The first-order valence-electron chi connectivity index (χ1n) is 10.4. The Balaban J connectivity index is 1.25. The number of nitrogens with zero attached hydrogens (tertiary/aromatic N) is 1. The van der Waals surface area contributed by atoms with Crippen LogP contribution in [0.1, 0.15) is 60.1 Å². The third kappa shape index (κ3) is 3.24. The molecule has 0 unspecified atom stereocenters. The fraction of sp³-hybridized carbons (Fsp3) is 0.545. The molecular formula is C22H27N3O2. The van der Waals surface area contributed by atoms with E-state index in [1.165, 1.54) is 29.5 Å². The third-order valence-corrected chi connectivity index (χ3v) is 6.43. The van der Waals surface area contributed by atoms with Crippen molar-refractivity contribution in [2.24, 2.45) is 5.92 Å². The lowest BCUT2D eigenvalue weighted by molar-refractivity contribution is -0.133. The normalized spacial score (nSPS) is 20.5. The van der Waals surface area contributed by atoms with E-state index in [1.807, 2.05) is 17.0 Å². The maximum absolute atomic E-state index is 12.8. The molecule has 5 nitrogen and oxygen atoms in total. The Morgan fingerprint density at radius 1 is 1.04 bits per heavy atom. The molecule has 0 bridgehead atoms. The summed E-state index contributed by atoms with van der Waals surface area (Å²) in [4.78, 5) is 30.4. The van der Waals surface area contributed by atoms with Gasteiger partial charge in [0.1, 0.15) is 0 Å². The number of hydrogen-bond donors (Lipinski definition) is 2. The minimum absolute atomic E-state index is 0.00892. The predicted octanol–water partition coefficient (Wildman–Crippen LogP) is 3.18. The molecule has 142 valence electrons. The summed E-state index contributed by atoms with van der Waals surface area (Å²) in [6.45, 7) is 1.54. The molecule has 1 saturated heterocycles. The molecule has 1 aromatic heterocycles. The summed E-state index contributed by atoms with van der Waals surface area (Å²) < 4.78 is 0. The van der Waals surface area contributed by atoms with Crippen LogP contribution in [0.2, 0.25) is 0 Å². The topological polar surface area (TPSA) is 65.2 Å². The van der Waals surface area contributed by atoms with Gasteiger partial charge in [0.15, 0.2) is 0 Å². The number of carbonyl (C=O) groups is 2. The van der Waals surface area contributed by atoms with E-state index < -0.39 is 0 Å². The molecule has 2 fully saturated rings. The lowest BCUT2D eigenvalue weighted by Crippen LogP contribution is -2.47. The molecule has 0 atom stereocenters. The lowest BCUT2D eigenvalue weighted by Gasteiger charge is -2.32. The number of H-pyrrole nitrogens is 1. The Morgan fingerprint density at radius 3 is 2.59 bits per heavy atom. The molecule has 0 radical (unpaired) electrons. The number of fused-ring (bicyclic) bond motifs is 3. The molecule has 2 aliphatic carbocycles. The summed E-state index contributed by atoms with van der Waals surface area (Å²) in [7, 11) is 0. The number of piperidine rings is 1. The van der Waals surface area contributed by atoms with Crippen molar-refractivity contribution in [1.29, 1.82) is 0 Å². The van der Waals surface area contributed by atoms with Crippen LogP contribution in [0.25, 0.3) is 10.9 Å². The average Bonchev–Trinajstić information content (AvgIpc) is 3.48. The van der Waals surface area contributed by atoms with Crippen LogP contribution in [-0.4, -0.2) is 40.8 Å². The maximum Gasteiger partial charge on any atom is 0.251 e. The Labute approximate surface area is 159 Å². The molecule has 2 amide bonds. The van der Waals surface area contributed by atoms with E-state index in [2.05, 4.69) is 16.4 Å². The monoisotopic (exact) mass is 365 g/mol. The number of benzene rings is 1. The maximum atomic E-state index is 12.8.